The smallest absolute Gasteiger partial charge is 0.240 e. The highest BCUT2D eigenvalue weighted by molar-refractivity contribution is 5.82. The number of amides is 1. The molecule has 1 aliphatic rings. The van der Waals surface area contributed by atoms with E-state index < -0.39 is 0 Å². The minimum atomic E-state index is -0.376. The molecule has 1 amide bonds. The fourth-order valence-corrected chi connectivity index (χ4v) is 1.83. The van der Waals surface area contributed by atoms with Crippen LogP contribution >= 0.6 is 0 Å². The number of hydrogen-bond donors (Lipinski definition) is 1. The summed E-state index contributed by atoms with van der Waals surface area (Å²) in [5, 5.41) is 0. The molecule has 2 N–H and O–H groups in total. The average molecular weight is 233 g/mol. The second kappa shape index (κ2) is 5.27. The van der Waals surface area contributed by atoms with Crippen molar-refractivity contribution < 1.29 is 4.79 Å². The number of rotatable bonds is 5. The van der Waals surface area contributed by atoms with Crippen molar-refractivity contribution in [2.75, 3.05) is 0 Å². The van der Waals surface area contributed by atoms with Crippen LogP contribution in [0.15, 0.2) is 24.4 Å². The molecule has 1 fully saturated rings. The Bertz CT molecular complexity index is 376. The second-order valence-electron chi connectivity index (χ2n) is 4.53. The van der Waals surface area contributed by atoms with Gasteiger partial charge in [0, 0.05) is 12.2 Å². The molecule has 1 atom stereocenters. The zero-order valence-electron chi connectivity index (χ0n) is 10.2. The molecule has 2 rings (SSSR count). The van der Waals surface area contributed by atoms with E-state index in [0.29, 0.717) is 19.0 Å². The Morgan fingerprint density at radius 3 is 2.88 bits per heavy atom. The summed E-state index contributed by atoms with van der Waals surface area (Å²) in [6.07, 6.45) is 4.62. The first-order valence-electron chi connectivity index (χ1n) is 6.18. The van der Waals surface area contributed by atoms with Crippen molar-refractivity contribution in [1.29, 1.82) is 0 Å². The molecule has 0 unspecified atom stereocenters. The summed E-state index contributed by atoms with van der Waals surface area (Å²) in [5.41, 5.74) is 6.75. The molecule has 0 bridgehead atoms. The van der Waals surface area contributed by atoms with Gasteiger partial charge in [-0.05, 0) is 31.4 Å². The molecular weight excluding hydrogens is 214 g/mol. The molecule has 1 aromatic heterocycles. The van der Waals surface area contributed by atoms with E-state index in [0.717, 1.165) is 18.5 Å². The summed E-state index contributed by atoms with van der Waals surface area (Å²) in [6, 6.07) is 5.77. The van der Waals surface area contributed by atoms with Crippen LogP contribution in [0.2, 0.25) is 0 Å². The van der Waals surface area contributed by atoms with E-state index in [9.17, 15) is 4.79 Å². The molecule has 0 radical (unpaired) electrons. The SMILES string of the molecule is CC[C@H](N)C(=O)N(Cc1ccccn1)C1CC1. The van der Waals surface area contributed by atoms with Crippen LogP contribution in [-0.4, -0.2) is 27.9 Å². The first kappa shape index (κ1) is 12.0. The molecule has 4 heteroatoms. The number of aromatic nitrogens is 1. The second-order valence-corrected chi connectivity index (χ2v) is 4.53. The highest BCUT2D eigenvalue weighted by Crippen LogP contribution is 2.28. The van der Waals surface area contributed by atoms with Crippen molar-refractivity contribution in [3.05, 3.63) is 30.1 Å². The third-order valence-electron chi connectivity index (χ3n) is 3.09. The summed E-state index contributed by atoms with van der Waals surface area (Å²) in [4.78, 5) is 18.3. The van der Waals surface area contributed by atoms with Gasteiger partial charge in [0.1, 0.15) is 0 Å². The first-order chi connectivity index (χ1) is 8.22. The summed E-state index contributed by atoms with van der Waals surface area (Å²) >= 11 is 0. The lowest BCUT2D eigenvalue weighted by molar-refractivity contribution is -0.133. The molecule has 92 valence electrons. The standard InChI is InChI=1S/C13H19N3O/c1-2-12(14)13(17)16(11-6-7-11)9-10-5-3-4-8-15-10/h3-5,8,11-12H,2,6-7,9,14H2,1H3/t12-/m0/s1. The predicted octanol–water partition coefficient (Wildman–Crippen LogP) is 1.31. The molecule has 0 aliphatic heterocycles. The van der Waals surface area contributed by atoms with Gasteiger partial charge in [0.2, 0.25) is 5.91 Å². The van der Waals surface area contributed by atoms with Gasteiger partial charge in [-0.2, -0.15) is 0 Å². The van der Waals surface area contributed by atoms with Gasteiger partial charge in [-0.15, -0.1) is 0 Å². The Kier molecular flexibility index (Phi) is 3.74. The molecule has 0 spiro atoms. The van der Waals surface area contributed by atoms with Crippen molar-refractivity contribution in [3.63, 3.8) is 0 Å². The molecule has 0 aromatic carbocycles. The van der Waals surface area contributed by atoms with Crippen molar-refractivity contribution in [2.24, 2.45) is 5.73 Å². The quantitative estimate of drug-likeness (QED) is 0.834. The Morgan fingerprint density at radius 2 is 2.35 bits per heavy atom. The van der Waals surface area contributed by atoms with Gasteiger partial charge < -0.3 is 10.6 Å². The Balaban J connectivity index is 2.05. The van der Waals surface area contributed by atoms with Crippen LogP contribution in [0.25, 0.3) is 0 Å². The maximum Gasteiger partial charge on any atom is 0.240 e. The van der Waals surface area contributed by atoms with Crippen LogP contribution in [0.3, 0.4) is 0 Å². The van der Waals surface area contributed by atoms with Gasteiger partial charge in [0.25, 0.3) is 0 Å². The van der Waals surface area contributed by atoms with Crippen molar-refractivity contribution in [1.82, 2.24) is 9.88 Å². The minimum absolute atomic E-state index is 0.0562. The van der Waals surface area contributed by atoms with Crippen LogP contribution in [0, 0.1) is 0 Å². The fourth-order valence-electron chi connectivity index (χ4n) is 1.83. The molecule has 1 aliphatic carbocycles. The molecule has 0 saturated heterocycles. The van der Waals surface area contributed by atoms with Crippen LogP contribution in [0.4, 0.5) is 0 Å². The largest absolute Gasteiger partial charge is 0.332 e. The van der Waals surface area contributed by atoms with Gasteiger partial charge in [-0.3, -0.25) is 9.78 Å². The summed E-state index contributed by atoms with van der Waals surface area (Å²) in [6.45, 7) is 2.52. The normalized spacial score (nSPS) is 16.6. The van der Waals surface area contributed by atoms with E-state index in [1.54, 1.807) is 6.20 Å². The van der Waals surface area contributed by atoms with Gasteiger partial charge in [-0.1, -0.05) is 13.0 Å². The number of pyridine rings is 1. The van der Waals surface area contributed by atoms with E-state index in [1.165, 1.54) is 0 Å². The Labute approximate surface area is 102 Å². The number of nitrogens with zero attached hydrogens (tertiary/aromatic N) is 2. The Morgan fingerprint density at radius 1 is 1.59 bits per heavy atom. The van der Waals surface area contributed by atoms with Gasteiger partial charge in [0.15, 0.2) is 0 Å². The number of carbonyl (C=O) groups is 1. The molecule has 1 heterocycles. The summed E-state index contributed by atoms with van der Waals surface area (Å²) in [5.74, 6) is 0.0562. The van der Waals surface area contributed by atoms with Gasteiger partial charge >= 0.3 is 0 Å². The van der Waals surface area contributed by atoms with E-state index in [1.807, 2.05) is 30.0 Å². The molecule has 4 nitrogen and oxygen atoms in total. The van der Waals surface area contributed by atoms with E-state index in [4.69, 9.17) is 5.73 Å². The monoisotopic (exact) mass is 233 g/mol. The van der Waals surface area contributed by atoms with Crippen LogP contribution in [0.5, 0.6) is 0 Å². The van der Waals surface area contributed by atoms with Crippen molar-refractivity contribution in [2.45, 2.75) is 44.8 Å². The first-order valence-corrected chi connectivity index (χ1v) is 6.18. The predicted molar refractivity (Wildman–Crippen MR) is 66.1 cm³/mol. The highest BCUT2D eigenvalue weighted by atomic mass is 16.2. The third-order valence-corrected chi connectivity index (χ3v) is 3.09. The summed E-state index contributed by atoms with van der Waals surface area (Å²) in [7, 11) is 0. The van der Waals surface area contributed by atoms with E-state index in [-0.39, 0.29) is 11.9 Å². The van der Waals surface area contributed by atoms with Crippen molar-refractivity contribution in [3.8, 4) is 0 Å². The molecular formula is C13H19N3O. The molecule has 1 saturated carbocycles. The van der Waals surface area contributed by atoms with Gasteiger partial charge in [0.05, 0.1) is 18.3 Å². The lowest BCUT2D eigenvalue weighted by Crippen LogP contribution is -2.44. The van der Waals surface area contributed by atoms with Crippen molar-refractivity contribution >= 4 is 5.91 Å². The van der Waals surface area contributed by atoms with Crippen LogP contribution < -0.4 is 5.73 Å². The molecule has 1 aromatic rings. The van der Waals surface area contributed by atoms with E-state index in [2.05, 4.69) is 4.98 Å². The fraction of sp³-hybridized carbons (Fsp3) is 0.538. The number of nitrogens with two attached hydrogens (primary N) is 1. The van der Waals surface area contributed by atoms with Crippen LogP contribution in [0.1, 0.15) is 31.9 Å². The lowest BCUT2D eigenvalue weighted by atomic mass is 10.2. The maximum atomic E-state index is 12.1. The highest BCUT2D eigenvalue weighted by Gasteiger charge is 2.34. The Hall–Kier alpha value is -1.42. The topological polar surface area (TPSA) is 59.2 Å². The zero-order valence-corrected chi connectivity index (χ0v) is 10.2. The van der Waals surface area contributed by atoms with Gasteiger partial charge in [-0.25, -0.2) is 0 Å². The lowest BCUT2D eigenvalue weighted by Gasteiger charge is -2.24. The zero-order chi connectivity index (χ0) is 12.3. The number of hydrogen-bond acceptors (Lipinski definition) is 3. The van der Waals surface area contributed by atoms with E-state index >= 15 is 0 Å². The van der Waals surface area contributed by atoms with Crippen LogP contribution in [-0.2, 0) is 11.3 Å². The molecule has 17 heavy (non-hydrogen) atoms. The number of carbonyl (C=O) groups excluding carboxylic acids is 1. The minimum Gasteiger partial charge on any atom is -0.332 e. The maximum absolute atomic E-state index is 12.1. The summed E-state index contributed by atoms with van der Waals surface area (Å²) < 4.78 is 0. The third kappa shape index (κ3) is 3.03. The average Bonchev–Trinajstić information content (AvgIpc) is 3.19.